The van der Waals surface area contributed by atoms with Crippen molar-refractivity contribution in [2.24, 2.45) is 0 Å². The zero-order valence-corrected chi connectivity index (χ0v) is 15.6. The Kier molecular flexibility index (Phi) is 6.14. The third-order valence-electron chi connectivity index (χ3n) is 4.26. The van der Waals surface area contributed by atoms with Gasteiger partial charge in [-0.1, -0.05) is 35.3 Å². The molecule has 1 N–H and O–H groups in total. The molecule has 0 bridgehead atoms. The second kappa shape index (κ2) is 8.54. The first-order valence-electron chi connectivity index (χ1n) is 8.34. The lowest BCUT2D eigenvalue weighted by Crippen LogP contribution is -2.50. The van der Waals surface area contributed by atoms with E-state index in [1.54, 1.807) is 53.4 Å². The molecule has 0 spiro atoms. The number of rotatable bonds is 4. The highest BCUT2D eigenvalue weighted by Gasteiger charge is 2.24. The second-order valence-corrected chi connectivity index (χ2v) is 6.95. The van der Waals surface area contributed by atoms with Crippen molar-refractivity contribution in [2.45, 2.75) is 0 Å². The lowest BCUT2D eigenvalue weighted by molar-refractivity contribution is -0.117. The molecule has 0 saturated carbocycles. The normalized spacial score (nSPS) is 14.9. The molecule has 26 heavy (non-hydrogen) atoms. The fourth-order valence-electron chi connectivity index (χ4n) is 2.85. The van der Waals surface area contributed by atoms with Crippen molar-refractivity contribution in [1.29, 1.82) is 0 Å². The van der Waals surface area contributed by atoms with E-state index in [-0.39, 0.29) is 18.4 Å². The van der Waals surface area contributed by atoms with Gasteiger partial charge in [-0.2, -0.15) is 0 Å². The Morgan fingerprint density at radius 1 is 0.923 bits per heavy atom. The molecular formula is C19H19Cl2N3O2. The Bertz CT molecular complexity index is 788. The number of anilines is 1. The van der Waals surface area contributed by atoms with Crippen LogP contribution in [0.15, 0.2) is 48.5 Å². The highest BCUT2D eigenvalue weighted by molar-refractivity contribution is 6.33. The molecule has 1 aliphatic rings. The predicted molar refractivity (Wildman–Crippen MR) is 104 cm³/mol. The van der Waals surface area contributed by atoms with Gasteiger partial charge in [0.2, 0.25) is 5.91 Å². The number of benzene rings is 2. The molecule has 1 fully saturated rings. The second-order valence-electron chi connectivity index (χ2n) is 6.10. The quantitative estimate of drug-likeness (QED) is 0.868. The van der Waals surface area contributed by atoms with Crippen LogP contribution in [0.5, 0.6) is 0 Å². The van der Waals surface area contributed by atoms with Crippen molar-refractivity contribution < 1.29 is 9.59 Å². The summed E-state index contributed by atoms with van der Waals surface area (Å²) in [5.41, 5.74) is 1.23. The van der Waals surface area contributed by atoms with Crippen LogP contribution < -0.4 is 5.32 Å². The summed E-state index contributed by atoms with van der Waals surface area (Å²) in [6.07, 6.45) is 0. The Morgan fingerprint density at radius 2 is 1.58 bits per heavy atom. The monoisotopic (exact) mass is 391 g/mol. The molecule has 7 heteroatoms. The van der Waals surface area contributed by atoms with E-state index in [1.807, 2.05) is 4.90 Å². The van der Waals surface area contributed by atoms with Crippen LogP contribution in [-0.4, -0.2) is 54.3 Å². The first-order valence-corrected chi connectivity index (χ1v) is 9.10. The van der Waals surface area contributed by atoms with Crippen LogP contribution in [-0.2, 0) is 4.79 Å². The zero-order valence-electron chi connectivity index (χ0n) is 14.1. The van der Waals surface area contributed by atoms with E-state index >= 15 is 0 Å². The van der Waals surface area contributed by atoms with Gasteiger partial charge in [0.05, 0.1) is 17.1 Å². The highest BCUT2D eigenvalue weighted by atomic mass is 35.5. The molecule has 0 aliphatic carbocycles. The first kappa shape index (κ1) is 18.7. The van der Waals surface area contributed by atoms with Crippen LogP contribution >= 0.6 is 23.2 Å². The van der Waals surface area contributed by atoms with E-state index in [1.165, 1.54) is 0 Å². The SMILES string of the molecule is O=C(CN1CCN(C(=O)c2ccccc2Cl)CC1)Nc1ccc(Cl)cc1. The Morgan fingerprint density at radius 3 is 2.23 bits per heavy atom. The fourth-order valence-corrected chi connectivity index (χ4v) is 3.19. The van der Waals surface area contributed by atoms with E-state index in [2.05, 4.69) is 5.32 Å². The van der Waals surface area contributed by atoms with Crippen molar-refractivity contribution in [1.82, 2.24) is 9.80 Å². The maximum absolute atomic E-state index is 12.6. The van der Waals surface area contributed by atoms with Gasteiger partial charge < -0.3 is 10.2 Å². The molecule has 2 aromatic rings. The van der Waals surface area contributed by atoms with Gasteiger partial charge in [-0.3, -0.25) is 14.5 Å². The lowest BCUT2D eigenvalue weighted by Gasteiger charge is -2.34. The van der Waals surface area contributed by atoms with Gasteiger partial charge >= 0.3 is 0 Å². The predicted octanol–water partition coefficient (Wildman–Crippen LogP) is 3.39. The topological polar surface area (TPSA) is 52.7 Å². The largest absolute Gasteiger partial charge is 0.336 e. The molecule has 136 valence electrons. The summed E-state index contributed by atoms with van der Waals surface area (Å²) < 4.78 is 0. The maximum atomic E-state index is 12.6. The Balaban J connectivity index is 1.49. The molecule has 1 saturated heterocycles. The number of nitrogens with zero attached hydrogens (tertiary/aromatic N) is 2. The van der Waals surface area contributed by atoms with Gasteiger partial charge in [0, 0.05) is 36.9 Å². The maximum Gasteiger partial charge on any atom is 0.255 e. The third kappa shape index (κ3) is 4.75. The lowest BCUT2D eigenvalue weighted by atomic mass is 10.2. The molecule has 0 aromatic heterocycles. The Hall–Kier alpha value is -2.08. The van der Waals surface area contributed by atoms with Crippen LogP contribution in [0.4, 0.5) is 5.69 Å². The average Bonchev–Trinajstić information content (AvgIpc) is 2.64. The van der Waals surface area contributed by atoms with Gasteiger partial charge in [0.15, 0.2) is 0 Å². The number of amides is 2. The minimum Gasteiger partial charge on any atom is -0.336 e. The van der Waals surface area contributed by atoms with Crippen LogP contribution in [0.1, 0.15) is 10.4 Å². The fraction of sp³-hybridized carbons (Fsp3) is 0.263. The van der Waals surface area contributed by atoms with Crippen LogP contribution in [0, 0.1) is 0 Å². The molecule has 5 nitrogen and oxygen atoms in total. The van der Waals surface area contributed by atoms with Gasteiger partial charge in [-0.25, -0.2) is 0 Å². The first-order chi connectivity index (χ1) is 12.5. The number of hydrogen-bond donors (Lipinski definition) is 1. The van der Waals surface area contributed by atoms with Crippen molar-refractivity contribution in [3.8, 4) is 0 Å². The minimum atomic E-state index is -0.0850. The number of carbonyl (C=O) groups is 2. The van der Waals surface area contributed by atoms with Crippen molar-refractivity contribution >= 4 is 40.7 Å². The van der Waals surface area contributed by atoms with Crippen molar-refractivity contribution in [3.63, 3.8) is 0 Å². The number of piperazine rings is 1. The zero-order chi connectivity index (χ0) is 18.5. The summed E-state index contributed by atoms with van der Waals surface area (Å²) >= 11 is 11.9. The summed E-state index contributed by atoms with van der Waals surface area (Å²) in [6.45, 7) is 2.71. The highest BCUT2D eigenvalue weighted by Crippen LogP contribution is 2.18. The molecule has 0 atom stereocenters. The van der Waals surface area contributed by atoms with Crippen molar-refractivity contribution in [3.05, 3.63) is 64.1 Å². The molecule has 2 amide bonds. The van der Waals surface area contributed by atoms with Gasteiger partial charge in [-0.05, 0) is 36.4 Å². The van der Waals surface area contributed by atoms with Crippen LogP contribution in [0.2, 0.25) is 10.0 Å². The number of carbonyl (C=O) groups excluding carboxylic acids is 2. The van der Waals surface area contributed by atoms with E-state index in [0.717, 1.165) is 0 Å². The van der Waals surface area contributed by atoms with E-state index in [9.17, 15) is 9.59 Å². The van der Waals surface area contributed by atoms with Gasteiger partial charge in [0.1, 0.15) is 0 Å². The summed E-state index contributed by atoms with van der Waals surface area (Å²) in [6, 6.07) is 14.0. The summed E-state index contributed by atoms with van der Waals surface area (Å²) in [4.78, 5) is 28.5. The summed E-state index contributed by atoms with van der Waals surface area (Å²) in [7, 11) is 0. The third-order valence-corrected chi connectivity index (χ3v) is 4.84. The molecule has 3 rings (SSSR count). The molecule has 0 unspecified atom stereocenters. The van der Waals surface area contributed by atoms with Crippen LogP contribution in [0.25, 0.3) is 0 Å². The minimum absolute atomic E-state index is 0.0686. The van der Waals surface area contributed by atoms with E-state index in [4.69, 9.17) is 23.2 Å². The van der Waals surface area contributed by atoms with E-state index < -0.39 is 0 Å². The Labute approximate surface area is 162 Å². The average molecular weight is 392 g/mol. The number of halogens is 2. The molecular weight excluding hydrogens is 373 g/mol. The molecule has 1 heterocycles. The molecule has 2 aromatic carbocycles. The smallest absolute Gasteiger partial charge is 0.255 e. The number of hydrogen-bond acceptors (Lipinski definition) is 3. The van der Waals surface area contributed by atoms with Crippen LogP contribution in [0.3, 0.4) is 0 Å². The number of nitrogens with one attached hydrogen (secondary N) is 1. The summed E-state index contributed by atoms with van der Waals surface area (Å²) in [5, 5.41) is 3.93. The van der Waals surface area contributed by atoms with Crippen molar-refractivity contribution in [2.75, 3.05) is 38.0 Å². The summed E-state index contributed by atoms with van der Waals surface area (Å²) in [5.74, 6) is -0.154. The van der Waals surface area contributed by atoms with E-state index in [0.29, 0.717) is 47.5 Å². The molecule has 1 aliphatic heterocycles. The van der Waals surface area contributed by atoms with Gasteiger partial charge in [-0.15, -0.1) is 0 Å². The standard InChI is InChI=1S/C19H19Cl2N3O2/c20-14-5-7-15(8-6-14)22-18(25)13-23-9-11-24(12-10-23)19(26)16-3-1-2-4-17(16)21/h1-8H,9-13H2,(H,22,25). The van der Waals surface area contributed by atoms with Gasteiger partial charge in [0.25, 0.3) is 5.91 Å². The molecule has 0 radical (unpaired) electrons.